The molecular weight excluding hydrogens is 360 g/mol. The van der Waals surface area contributed by atoms with Gasteiger partial charge in [-0.2, -0.15) is 10.5 Å². The molecule has 4 aromatic carbocycles. The maximum absolute atomic E-state index is 12.8. The zero-order chi connectivity index (χ0) is 20.5. The van der Waals surface area contributed by atoms with Gasteiger partial charge < -0.3 is 4.74 Å². The van der Waals surface area contributed by atoms with Crippen molar-refractivity contribution in [2.75, 3.05) is 0 Å². The van der Waals surface area contributed by atoms with E-state index < -0.39 is 0 Å². The quantitative estimate of drug-likeness (QED) is 0.500. The zero-order valence-corrected chi connectivity index (χ0v) is 16.2. The van der Waals surface area contributed by atoms with Crippen LogP contribution >= 0.6 is 0 Å². The number of nitriles is 2. The lowest BCUT2D eigenvalue weighted by Gasteiger charge is -2.12. The fraction of sp³-hybridized carbons (Fsp3) is 0.160. The molecule has 0 aliphatic carbocycles. The van der Waals surface area contributed by atoms with Crippen molar-refractivity contribution in [1.82, 2.24) is 0 Å². The van der Waals surface area contributed by atoms with E-state index in [2.05, 4.69) is 26.0 Å². The summed E-state index contributed by atoms with van der Waals surface area (Å²) < 4.78 is 6.12. The third-order valence-electron chi connectivity index (χ3n) is 5.50. The minimum absolute atomic E-state index is 0.165. The molecule has 1 atom stereocenters. The van der Waals surface area contributed by atoms with E-state index >= 15 is 0 Å². The van der Waals surface area contributed by atoms with Crippen LogP contribution in [0.4, 0.5) is 0 Å². The first-order valence-corrected chi connectivity index (χ1v) is 9.52. The van der Waals surface area contributed by atoms with Crippen molar-refractivity contribution in [2.45, 2.75) is 26.2 Å². The fourth-order valence-corrected chi connectivity index (χ4v) is 3.74. The molecule has 0 aliphatic rings. The van der Waals surface area contributed by atoms with Crippen LogP contribution in [0.5, 0.6) is 11.5 Å². The highest BCUT2D eigenvalue weighted by atomic mass is 16.5. The van der Waals surface area contributed by atoms with Crippen molar-refractivity contribution >= 4 is 27.1 Å². The monoisotopic (exact) mass is 378 g/mol. The van der Waals surface area contributed by atoms with E-state index in [4.69, 9.17) is 4.74 Å². The second-order valence-corrected chi connectivity index (χ2v) is 7.12. The largest absolute Gasteiger partial charge is 0.457 e. The van der Waals surface area contributed by atoms with Gasteiger partial charge in [-0.05, 0) is 47.6 Å². The average molecular weight is 378 g/mol. The molecule has 0 radical (unpaired) electrons. The topological polar surface area (TPSA) is 73.9 Å². The average Bonchev–Trinajstić information content (AvgIpc) is 3.04. The normalized spacial score (nSPS) is 11.9. The van der Waals surface area contributed by atoms with Crippen LogP contribution in [-0.2, 0) is 0 Å². The van der Waals surface area contributed by atoms with Gasteiger partial charge in [-0.25, -0.2) is 0 Å². The summed E-state index contributed by atoms with van der Waals surface area (Å²) >= 11 is 0. The van der Waals surface area contributed by atoms with Gasteiger partial charge in [0.05, 0.1) is 5.22 Å². The van der Waals surface area contributed by atoms with Crippen LogP contribution < -0.4 is 15.4 Å². The lowest BCUT2D eigenvalue weighted by molar-refractivity contribution is 0.488. The molecule has 4 heteroatoms. The highest BCUT2D eigenvalue weighted by molar-refractivity contribution is 6.14. The van der Waals surface area contributed by atoms with E-state index in [0.717, 1.165) is 17.2 Å². The van der Waals surface area contributed by atoms with E-state index in [1.165, 1.54) is 5.56 Å². The SMILES string of the molecule is CCC(C)c1ccc(Oc2ccc3c(=O)c(=C(C#N)C#N)c4cccc2c34)cc1. The Balaban J connectivity index is 1.88. The van der Waals surface area contributed by atoms with Gasteiger partial charge in [-0.15, -0.1) is 0 Å². The molecule has 4 aromatic rings. The Morgan fingerprint density at radius 1 is 0.966 bits per heavy atom. The number of nitrogens with zero attached hydrogens (tertiary/aromatic N) is 2. The zero-order valence-electron chi connectivity index (χ0n) is 16.2. The molecule has 0 fully saturated rings. The predicted octanol–water partition coefficient (Wildman–Crippen LogP) is 5.01. The van der Waals surface area contributed by atoms with Crippen molar-refractivity contribution < 1.29 is 4.74 Å². The van der Waals surface area contributed by atoms with E-state index in [-0.39, 0.29) is 16.2 Å². The van der Waals surface area contributed by atoms with Gasteiger partial charge in [-0.3, -0.25) is 4.79 Å². The second-order valence-electron chi connectivity index (χ2n) is 7.12. The minimum Gasteiger partial charge on any atom is -0.457 e. The summed E-state index contributed by atoms with van der Waals surface area (Å²) in [6.45, 7) is 4.35. The molecule has 140 valence electrons. The Hall–Kier alpha value is -3.89. The van der Waals surface area contributed by atoms with E-state index in [0.29, 0.717) is 28.2 Å². The molecule has 0 saturated carbocycles. The molecule has 0 aromatic heterocycles. The van der Waals surface area contributed by atoms with Crippen LogP contribution in [-0.4, -0.2) is 0 Å². The van der Waals surface area contributed by atoms with Crippen LogP contribution in [0, 0.1) is 22.7 Å². The van der Waals surface area contributed by atoms with Crippen LogP contribution in [0.1, 0.15) is 31.7 Å². The molecule has 0 N–H and O–H groups in total. The fourth-order valence-electron chi connectivity index (χ4n) is 3.74. The number of ether oxygens (including phenoxy) is 1. The molecule has 0 heterocycles. The molecule has 0 aliphatic heterocycles. The lowest BCUT2D eigenvalue weighted by Crippen LogP contribution is -2.21. The molecule has 29 heavy (non-hydrogen) atoms. The molecule has 0 amide bonds. The van der Waals surface area contributed by atoms with Crippen molar-refractivity contribution in [3.8, 4) is 23.6 Å². The first-order chi connectivity index (χ1) is 14.1. The van der Waals surface area contributed by atoms with Gasteiger partial charge in [0.1, 0.15) is 29.2 Å². The summed E-state index contributed by atoms with van der Waals surface area (Å²) in [5.41, 5.74) is 0.807. The van der Waals surface area contributed by atoms with Crippen LogP contribution in [0.15, 0.2) is 59.4 Å². The summed E-state index contributed by atoms with van der Waals surface area (Å²) in [6, 6.07) is 20.7. The third-order valence-corrected chi connectivity index (χ3v) is 5.50. The predicted molar refractivity (Wildman–Crippen MR) is 114 cm³/mol. The molecule has 0 bridgehead atoms. The number of hydrogen-bond acceptors (Lipinski definition) is 4. The van der Waals surface area contributed by atoms with Gasteiger partial charge in [0.2, 0.25) is 0 Å². The lowest BCUT2D eigenvalue weighted by atomic mass is 9.99. The Morgan fingerprint density at radius 2 is 1.66 bits per heavy atom. The highest BCUT2D eigenvalue weighted by Crippen LogP contribution is 2.34. The molecule has 0 spiro atoms. The molecule has 4 nitrogen and oxygen atoms in total. The molecule has 0 saturated heterocycles. The van der Waals surface area contributed by atoms with Crippen molar-refractivity contribution in [3.63, 3.8) is 0 Å². The molecular formula is C25H18N2O2. The third kappa shape index (κ3) is 2.96. The Bertz CT molecular complexity index is 1390. The second kappa shape index (κ2) is 7.26. The summed E-state index contributed by atoms with van der Waals surface area (Å²) in [7, 11) is 0. The minimum atomic E-state index is -0.293. The van der Waals surface area contributed by atoms with Gasteiger partial charge in [0, 0.05) is 16.2 Å². The molecule has 4 rings (SSSR count). The van der Waals surface area contributed by atoms with E-state index in [1.807, 2.05) is 36.4 Å². The Labute approximate surface area is 168 Å². The van der Waals surface area contributed by atoms with Gasteiger partial charge in [0.25, 0.3) is 0 Å². The van der Waals surface area contributed by atoms with Crippen molar-refractivity contribution in [1.29, 1.82) is 10.5 Å². The first-order valence-electron chi connectivity index (χ1n) is 9.52. The van der Waals surface area contributed by atoms with Crippen LogP contribution in [0.25, 0.3) is 27.1 Å². The smallest absolute Gasteiger partial charge is 0.196 e. The Morgan fingerprint density at radius 3 is 2.31 bits per heavy atom. The first kappa shape index (κ1) is 18.5. The van der Waals surface area contributed by atoms with Crippen LogP contribution in [0.2, 0.25) is 0 Å². The summed E-state index contributed by atoms with van der Waals surface area (Å²) in [4.78, 5) is 12.8. The Kier molecular flexibility index (Phi) is 4.63. The number of hydrogen-bond donors (Lipinski definition) is 0. The van der Waals surface area contributed by atoms with Gasteiger partial charge in [-0.1, -0.05) is 44.2 Å². The maximum Gasteiger partial charge on any atom is 0.196 e. The van der Waals surface area contributed by atoms with Gasteiger partial charge in [0.15, 0.2) is 5.43 Å². The summed E-state index contributed by atoms with van der Waals surface area (Å²) in [5.74, 6) is 1.84. The maximum atomic E-state index is 12.8. The number of benzene rings is 3. The van der Waals surface area contributed by atoms with Crippen molar-refractivity contribution in [3.05, 3.63) is 75.6 Å². The highest BCUT2D eigenvalue weighted by Gasteiger charge is 2.17. The molecule has 1 unspecified atom stereocenters. The van der Waals surface area contributed by atoms with E-state index in [9.17, 15) is 15.3 Å². The van der Waals surface area contributed by atoms with Crippen molar-refractivity contribution in [2.24, 2.45) is 0 Å². The van der Waals surface area contributed by atoms with E-state index in [1.54, 1.807) is 18.2 Å². The standard InChI is InChI=1S/C25H18N2O2/c1-3-15(2)16-7-9-18(10-8-16)29-22-12-11-21-24-19(22)5-4-6-20(24)23(25(21)28)17(13-26)14-27/h4-12,15H,3H2,1-2H3. The number of rotatable bonds is 4. The summed E-state index contributed by atoms with van der Waals surface area (Å²) in [6.07, 6.45) is 1.08. The summed E-state index contributed by atoms with van der Waals surface area (Å²) in [5, 5.41) is 21.3. The van der Waals surface area contributed by atoms with Gasteiger partial charge >= 0.3 is 0 Å². The van der Waals surface area contributed by atoms with Crippen LogP contribution in [0.3, 0.4) is 0 Å².